The van der Waals surface area contributed by atoms with E-state index in [1.807, 2.05) is 25.1 Å². The largest absolute Gasteiger partial charge is 0.458 e. The summed E-state index contributed by atoms with van der Waals surface area (Å²) in [5, 5.41) is 0.794. The van der Waals surface area contributed by atoms with E-state index in [0.29, 0.717) is 0 Å². The van der Waals surface area contributed by atoms with E-state index in [1.54, 1.807) is 6.20 Å². The number of benzene rings is 1. The van der Waals surface area contributed by atoms with Crippen LogP contribution in [0.2, 0.25) is 0 Å². The molecule has 1 aromatic carbocycles. The third-order valence-corrected chi connectivity index (χ3v) is 6.19. The molecule has 1 saturated heterocycles. The average molecular weight is 382 g/mol. The Labute approximate surface area is 163 Å². The molecule has 2 aromatic heterocycles. The molecule has 0 radical (unpaired) electrons. The van der Waals surface area contributed by atoms with E-state index in [4.69, 9.17) is 4.74 Å². The Kier molecular flexibility index (Phi) is 5.18. The zero-order chi connectivity index (χ0) is 18.7. The Bertz CT molecular complexity index is 884. The summed E-state index contributed by atoms with van der Waals surface area (Å²) in [7, 11) is 0. The van der Waals surface area contributed by atoms with Gasteiger partial charge in [0, 0.05) is 12.7 Å². The van der Waals surface area contributed by atoms with Crippen LogP contribution < -0.4 is 0 Å². The molecule has 0 saturated carbocycles. The van der Waals surface area contributed by atoms with Gasteiger partial charge in [-0.15, -0.1) is 0 Å². The van der Waals surface area contributed by atoms with Crippen LogP contribution in [0, 0.1) is 5.41 Å². The van der Waals surface area contributed by atoms with E-state index < -0.39 is 5.41 Å². The van der Waals surface area contributed by atoms with E-state index >= 15 is 0 Å². The monoisotopic (exact) mass is 381 g/mol. The van der Waals surface area contributed by atoms with Gasteiger partial charge in [-0.05, 0) is 50.6 Å². The fourth-order valence-corrected chi connectivity index (χ4v) is 4.25. The normalized spacial score (nSPS) is 17.1. The zero-order valence-corrected chi connectivity index (χ0v) is 16.2. The summed E-state index contributed by atoms with van der Waals surface area (Å²) < 4.78 is 5.62. The number of rotatable bonds is 5. The van der Waals surface area contributed by atoms with Gasteiger partial charge in [-0.25, -0.2) is 9.97 Å². The predicted molar refractivity (Wildman–Crippen MR) is 106 cm³/mol. The van der Waals surface area contributed by atoms with E-state index in [9.17, 15) is 4.79 Å². The predicted octanol–water partition coefficient (Wildman–Crippen LogP) is 4.04. The van der Waals surface area contributed by atoms with Gasteiger partial charge in [0.15, 0.2) is 0 Å². The molecule has 0 unspecified atom stereocenters. The van der Waals surface area contributed by atoms with Crippen molar-refractivity contribution < 1.29 is 9.53 Å². The summed E-state index contributed by atoms with van der Waals surface area (Å²) in [5.74, 6) is -0.117. The zero-order valence-electron chi connectivity index (χ0n) is 15.4. The van der Waals surface area contributed by atoms with Crippen LogP contribution in [-0.4, -0.2) is 33.9 Å². The van der Waals surface area contributed by atoms with Gasteiger partial charge >= 0.3 is 5.97 Å². The molecule has 1 aliphatic rings. The van der Waals surface area contributed by atoms with Crippen LogP contribution in [0.1, 0.15) is 30.3 Å². The first kappa shape index (κ1) is 18.1. The van der Waals surface area contributed by atoms with Crippen molar-refractivity contribution >= 4 is 27.7 Å². The van der Waals surface area contributed by atoms with Gasteiger partial charge < -0.3 is 4.74 Å². The second kappa shape index (κ2) is 7.74. The van der Waals surface area contributed by atoms with Crippen LogP contribution in [0.5, 0.6) is 0 Å². The number of esters is 1. The number of fused-ring (bicyclic) bond motifs is 1. The van der Waals surface area contributed by atoms with Crippen LogP contribution >= 0.6 is 11.3 Å². The summed E-state index contributed by atoms with van der Waals surface area (Å²) in [6.45, 7) is 5.00. The first-order valence-corrected chi connectivity index (χ1v) is 10.1. The SMILES string of the molecule is CC1(C(=O)OCc2nc3cccnc3s2)CCN(Cc2ccccc2)CC1. The summed E-state index contributed by atoms with van der Waals surface area (Å²) in [6.07, 6.45) is 3.39. The molecule has 1 aliphatic heterocycles. The lowest BCUT2D eigenvalue weighted by atomic mass is 9.80. The van der Waals surface area contributed by atoms with Crippen molar-refractivity contribution in [1.29, 1.82) is 0 Å². The number of ether oxygens (including phenoxy) is 1. The maximum absolute atomic E-state index is 12.7. The Morgan fingerprint density at radius 2 is 1.96 bits per heavy atom. The summed E-state index contributed by atoms with van der Waals surface area (Å²) in [5.41, 5.74) is 1.75. The number of carbonyl (C=O) groups excluding carboxylic acids is 1. The average Bonchev–Trinajstić information content (AvgIpc) is 3.12. The summed E-state index contributed by atoms with van der Waals surface area (Å²) in [4.78, 5) is 24.7. The highest BCUT2D eigenvalue weighted by Gasteiger charge is 2.38. The highest BCUT2D eigenvalue weighted by molar-refractivity contribution is 7.18. The molecular weight excluding hydrogens is 358 g/mol. The molecule has 0 aliphatic carbocycles. The van der Waals surface area contributed by atoms with Crippen molar-refractivity contribution in [2.45, 2.75) is 32.9 Å². The number of hydrogen-bond acceptors (Lipinski definition) is 6. The molecule has 0 bridgehead atoms. The second-order valence-corrected chi connectivity index (χ2v) is 8.40. The van der Waals surface area contributed by atoms with Crippen LogP contribution in [-0.2, 0) is 22.7 Å². The molecule has 27 heavy (non-hydrogen) atoms. The van der Waals surface area contributed by atoms with Crippen molar-refractivity contribution in [2.24, 2.45) is 5.41 Å². The van der Waals surface area contributed by atoms with Crippen LogP contribution in [0.15, 0.2) is 48.7 Å². The number of carbonyl (C=O) groups is 1. The van der Waals surface area contributed by atoms with Crippen molar-refractivity contribution in [3.8, 4) is 0 Å². The Hall–Kier alpha value is -2.31. The fourth-order valence-electron chi connectivity index (χ4n) is 3.43. The van der Waals surface area contributed by atoms with E-state index in [2.05, 4.69) is 39.1 Å². The van der Waals surface area contributed by atoms with Gasteiger partial charge in [-0.3, -0.25) is 9.69 Å². The Balaban J connectivity index is 1.31. The minimum Gasteiger partial charge on any atom is -0.458 e. The third-order valence-electron chi connectivity index (χ3n) is 5.24. The third kappa shape index (κ3) is 4.17. The first-order chi connectivity index (χ1) is 13.1. The second-order valence-electron chi connectivity index (χ2n) is 7.33. The fraction of sp³-hybridized carbons (Fsp3) is 0.381. The minimum atomic E-state index is -0.415. The number of piperidine rings is 1. The van der Waals surface area contributed by atoms with Gasteiger partial charge in [0.1, 0.15) is 22.0 Å². The van der Waals surface area contributed by atoms with Crippen LogP contribution in [0.3, 0.4) is 0 Å². The molecule has 0 atom stereocenters. The standard InChI is InChI=1S/C21H23N3O2S/c1-21(9-12-24(13-10-21)14-16-6-3-2-4-7-16)20(25)26-15-18-23-17-8-5-11-22-19(17)27-18/h2-8,11H,9-10,12-15H2,1H3. The maximum Gasteiger partial charge on any atom is 0.312 e. The number of thiazole rings is 1. The molecule has 3 aromatic rings. The molecule has 4 rings (SSSR count). The highest BCUT2D eigenvalue weighted by Crippen LogP contribution is 2.33. The topological polar surface area (TPSA) is 55.3 Å². The van der Waals surface area contributed by atoms with Crippen molar-refractivity contribution in [3.05, 3.63) is 59.2 Å². The van der Waals surface area contributed by atoms with Crippen LogP contribution in [0.25, 0.3) is 10.3 Å². The number of aromatic nitrogens is 2. The van der Waals surface area contributed by atoms with Gasteiger partial charge in [-0.2, -0.15) is 0 Å². The van der Waals surface area contributed by atoms with E-state index in [1.165, 1.54) is 16.9 Å². The van der Waals surface area contributed by atoms with Gasteiger partial charge in [0.05, 0.1) is 5.41 Å². The number of likely N-dealkylation sites (tertiary alicyclic amines) is 1. The van der Waals surface area contributed by atoms with E-state index in [-0.39, 0.29) is 12.6 Å². The molecular formula is C21H23N3O2S. The number of nitrogens with zero attached hydrogens (tertiary/aromatic N) is 3. The van der Waals surface area contributed by atoms with Gasteiger partial charge in [0.2, 0.25) is 0 Å². The molecule has 140 valence electrons. The molecule has 6 heteroatoms. The number of pyridine rings is 1. The lowest BCUT2D eigenvalue weighted by Gasteiger charge is -2.37. The molecule has 0 spiro atoms. The minimum absolute atomic E-state index is 0.117. The quantitative estimate of drug-likeness (QED) is 0.625. The van der Waals surface area contributed by atoms with Crippen molar-refractivity contribution in [2.75, 3.05) is 13.1 Å². The molecule has 0 amide bonds. The lowest BCUT2D eigenvalue weighted by Crippen LogP contribution is -2.43. The van der Waals surface area contributed by atoms with Crippen LogP contribution in [0.4, 0.5) is 0 Å². The van der Waals surface area contributed by atoms with E-state index in [0.717, 1.165) is 47.8 Å². The smallest absolute Gasteiger partial charge is 0.312 e. The van der Waals surface area contributed by atoms with Gasteiger partial charge in [0.25, 0.3) is 0 Å². The first-order valence-electron chi connectivity index (χ1n) is 9.26. The molecule has 5 nitrogen and oxygen atoms in total. The maximum atomic E-state index is 12.7. The molecule has 1 fully saturated rings. The molecule has 3 heterocycles. The highest BCUT2D eigenvalue weighted by atomic mass is 32.1. The van der Waals surface area contributed by atoms with Gasteiger partial charge in [-0.1, -0.05) is 41.7 Å². The molecule has 0 N–H and O–H groups in total. The number of hydrogen-bond donors (Lipinski definition) is 0. The Morgan fingerprint density at radius 3 is 2.70 bits per heavy atom. The summed E-state index contributed by atoms with van der Waals surface area (Å²) >= 11 is 1.48. The lowest BCUT2D eigenvalue weighted by molar-refractivity contribution is -0.159. The Morgan fingerprint density at radius 1 is 1.19 bits per heavy atom. The van der Waals surface area contributed by atoms with Crippen molar-refractivity contribution in [3.63, 3.8) is 0 Å². The summed E-state index contributed by atoms with van der Waals surface area (Å²) in [6, 6.07) is 14.3. The van der Waals surface area contributed by atoms with Crippen molar-refractivity contribution in [1.82, 2.24) is 14.9 Å².